The molecule has 0 aromatic heterocycles. The first-order chi connectivity index (χ1) is 8.81. The zero-order valence-electron chi connectivity index (χ0n) is 10.1. The van der Waals surface area contributed by atoms with Gasteiger partial charge in [-0.3, -0.25) is 4.79 Å². The minimum atomic E-state index is -0.289. The number of nitrogens with one attached hydrogen (secondary N) is 1. The van der Waals surface area contributed by atoms with E-state index in [4.69, 9.17) is 4.74 Å². The zero-order valence-corrected chi connectivity index (χ0v) is 10.1. The van der Waals surface area contributed by atoms with Gasteiger partial charge in [0, 0.05) is 11.1 Å². The van der Waals surface area contributed by atoms with Gasteiger partial charge in [0.15, 0.2) is 0 Å². The van der Waals surface area contributed by atoms with Crippen molar-refractivity contribution in [2.45, 2.75) is 0 Å². The fraction of sp³-hybridized carbons (Fsp3) is 0.133. The third kappa shape index (κ3) is 2.88. The number of rotatable bonds is 5. The third-order valence-electron chi connectivity index (χ3n) is 2.57. The summed E-state index contributed by atoms with van der Waals surface area (Å²) in [5.41, 5.74) is 0.934. The van der Waals surface area contributed by atoms with Crippen LogP contribution in [0.3, 0.4) is 0 Å². The largest absolute Gasteiger partial charge is 0.460 e. The monoisotopic (exact) mass is 241 g/mol. The Morgan fingerprint density at radius 3 is 2.83 bits per heavy atom. The Morgan fingerprint density at radius 2 is 2.00 bits per heavy atom. The van der Waals surface area contributed by atoms with Crippen LogP contribution in [0, 0.1) is 0 Å². The van der Waals surface area contributed by atoms with Gasteiger partial charge in [0.2, 0.25) is 0 Å². The molecule has 0 aliphatic carbocycles. The molecule has 2 rings (SSSR count). The average Bonchev–Trinajstić information content (AvgIpc) is 2.42. The Balaban J connectivity index is 2.08. The number of carbonyl (C=O) groups excluding carboxylic acids is 1. The molecule has 0 saturated heterocycles. The van der Waals surface area contributed by atoms with E-state index in [1.807, 2.05) is 42.5 Å². The van der Waals surface area contributed by atoms with Crippen LogP contribution in [0.4, 0.5) is 5.69 Å². The zero-order chi connectivity index (χ0) is 12.8. The van der Waals surface area contributed by atoms with Gasteiger partial charge in [-0.15, -0.1) is 0 Å². The number of ether oxygens (including phenoxy) is 1. The smallest absolute Gasteiger partial charge is 0.325 e. The van der Waals surface area contributed by atoms with Crippen LogP contribution in [0.25, 0.3) is 10.8 Å². The molecular formula is C15H15NO2. The van der Waals surface area contributed by atoms with Gasteiger partial charge in [0.25, 0.3) is 0 Å². The lowest BCUT2D eigenvalue weighted by Crippen LogP contribution is -2.16. The summed E-state index contributed by atoms with van der Waals surface area (Å²) in [4.78, 5) is 11.4. The van der Waals surface area contributed by atoms with Crippen molar-refractivity contribution in [3.8, 4) is 0 Å². The highest BCUT2D eigenvalue weighted by atomic mass is 16.5. The van der Waals surface area contributed by atoms with Crippen molar-refractivity contribution in [3.05, 3.63) is 55.1 Å². The van der Waals surface area contributed by atoms with Gasteiger partial charge in [0.1, 0.15) is 13.2 Å². The first-order valence-electron chi connectivity index (χ1n) is 5.79. The van der Waals surface area contributed by atoms with E-state index in [2.05, 4.69) is 11.9 Å². The molecule has 2 aromatic rings. The molecule has 0 aliphatic heterocycles. The van der Waals surface area contributed by atoms with Crippen LogP contribution in [-0.4, -0.2) is 19.1 Å². The van der Waals surface area contributed by atoms with E-state index >= 15 is 0 Å². The van der Waals surface area contributed by atoms with E-state index in [0.717, 1.165) is 16.5 Å². The van der Waals surface area contributed by atoms with Crippen molar-refractivity contribution < 1.29 is 9.53 Å². The normalized spacial score (nSPS) is 10.0. The van der Waals surface area contributed by atoms with Crippen LogP contribution < -0.4 is 5.32 Å². The van der Waals surface area contributed by atoms with Gasteiger partial charge in [-0.2, -0.15) is 0 Å². The van der Waals surface area contributed by atoms with Crippen molar-refractivity contribution in [3.63, 3.8) is 0 Å². The molecule has 2 aromatic carbocycles. The molecule has 3 heteroatoms. The molecule has 0 bridgehead atoms. The molecule has 0 saturated carbocycles. The molecule has 0 spiro atoms. The van der Waals surface area contributed by atoms with E-state index in [0.29, 0.717) is 0 Å². The molecule has 3 nitrogen and oxygen atoms in total. The molecular weight excluding hydrogens is 226 g/mol. The molecule has 0 aliphatic rings. The van der Waals surface area contributed by atoms with Crippen LogP contribution in [0.15, 0.2) is 55.1 Å². The van der Waals surface area contributed by atoms with E-state index < -0.39 is 0 Å². The number of benzene rings is 2. The van der Waals surface area contributed by atoms with Gasteiger partial charge >= 0.3 is 5.97 Å². The number of carbonyl (C=O) groups is 1. The number of fused-ring (bicyclic) bond motifs is 1. The summed E-state index contributed by atoms with van der Waals surface area (Å²) in [6.45, 7) is 3.89. The lowest BCUT2D eigenvalue weighted by atomic mass is 10.1. The lowest BCUT2D eigenvalue weighted by Gasteiger charge is -2.09. The Kier molecular flexibility index (Phi) is 3.97. The van der Waals surface area contributed by atoms with Gasteiger partial charge in [-0.25, -0.2) is 0 Å². The minimum absolute atomic E-state index is 0.155. The second kappa shape index (κ2) is 5.87. The number of hydrogen-bond donors (Lipinski definition) is 1. The van der Waals surface area contributed by atoms with Crippen molar-refractivity contribution in [2.75, 3.05) is 18.5 Å². The fourth-order valence-electron chi connectivity index (χ4n) is 1.75. The maximum atomic E-state index is 11.4. The first-order valence-corrected chi connectivity index (χ1v) is 5.79. The maximum absolute atomic E-state index is 11.4. The second-order valence-electron chi connectivity index (χ2n) is 3.85. The molecule has 18 heavy (non-hydrogen) atoms. The Labute approximate surface area is 106 Å². The quantitative estimate of drug-likeness (QED) is 0.646. The summed E-state index contributed by atoms with van der Waals surface area (Å²) in [6, 6.07) is 14.0. The van der Waals surface area contributed by atoms with Crippen molar-refractivity contribution >= 4 is 22.4 Å². The molecule has 0 amide bonds. The van der Waals surface area contributed by atoms with E-state index in [-0.39, 0.29) is 19.1 Å². The minimum Gasteiger partial charge on any atom is -0.460 e. The summed E-state index contributed by atoms with van der Waals surface area (Å²) in [5.74, 6) is -0.289. The molecule has 92 valence electrons. The Bertz CT molecular complexity index is 558. The standard InChI is InChI=1S/C15H15NO2/c1-2-10-18-15(17)11-16-14-9-5-7-12-6-3-4-8-13(12)14/h2-9,16H,1,10-11H2. The lowest BCUT2D eigenvalue weighted by molar-refractivity contribution is -0.140. The predicted octanol–water partition coefficient (Wildman–Crippen LogP) is 2.98. The Morgan fingerprint density at radius 1 is 1.22 bits per heavy atom. The highest BCUT2D eigenvalue weighted by molar-refractivity contribution is 5.94. The van der Waals surface area contributed by atoms with Crippen LogP contribution >= 0.6 is 0 Å². The topological polar surface area (TPSA) is 38.3 Å². The second-order valence-corrected chi connectivity index (χ2v) is 3.85. The highest BCUT2D eigenvalue weighted by Crippen LogP contribution is 2.22. The summed E-state index contributed by atoms with van der Waals surface area (Å²) in [6.07, 6.45) is 1.55. The number of anilines is 1. The first kappa shape index (κ1) is 12.2. The maximum Gasteiger partial charge on any atom is 0.325 e. The van der Waals surface area contributed by atoms with Gasteiger partial charge < -0.3 is 10.1 Å². The van der Waals surface area contributed by atoms with E-state index in [1.165, 1.54) is 0 Å². The van der Waals surface area contributed by atoms with Crippen LogP contribution in [0.5, 0.6) is 0 Å². The summed E-state index contributed by atoms with van der Waals surface area (Å²) < 4.78 is 4.91. The van der Waals surface area contributed by atoms with Gasteiger partial charge in [-0.05, 0) is 11.5 Å². The third-order valence-corrected chi connectivity index (χ3v) is 2.57. The number of hydrogen-bond acceptors (Lipinski definition) is 3. The SMILES string of the molecule is C=CCOC(=O)CNc1cccc2ccccc12. The van der Waals surface area contributed by atoms with Crippen molar-refractivity contribution in [2.24, 2.45) is 0 Å². The molecule has 0 unspecified atom stereocenters. The molecule has 0 radical (unpaired) electrons. The number of esters is 1. The van der Waals surface area contributed by atoms with Crippen LogP contribution in [-0.2, 0) is 9.53 Å². The van der Waals surface area contributed by atoms with E-state index in [9.17, 15) is 4.79 Å². The van der Waals surface area contributed by atoms with Crippen LogP contribution in [0.1, 0.15) is 0 Å². The highest BCUT2D eigenvalue weighted by Gasteiger charge is 2.03. The summed E-state index contributed by atoms with van der Waals surface area (Å²) in [7, 11) is 0. The van der Waals surface area contributed by atoms with Crippen molar-refractivity contribution in [1.29, 1.82) is 0 Å². The summed E-state index contributed by atoms with van der Waals surface area (Å²) >= 11 is 0. The fourth-order valence-corrected chi connectivity index (χ4v) is 1.75. The van der Waals surface area contributed by atoms with Gasteiger partial charge in [-0.1, -0.05) is 49.1 Å². The van der Waals surface area contributed by atoms with Crippen LogP contribution in [0.2, 0.25) is 0 Å². The molecule has 0 atom stereocenters. The molecule has 0 heterocycles. The average molecular weight is 241 g/mol. The summed E-state index contributed by atoms with van der Waals surface area (Å²) in [5, 5.41) is 5.32. The molecule has 1 N–H and O–H groups in total. The van der Waals surface area contributed by atoms with E-state index in [1.54, 1.807) is 6.08 Å². The van der Waals surface area contributed by atoms with Gasteiger partial charge in [0.05, 0.1) is 0 Å². The molecule has 0 fully saturated rings. The predicted molar refractivity (Wildman–Crippen MR) is 73.6 cm³/mol. The Hall–Kier alpha value is -2.29. The van der Waals surface area contributed by atoms with Crippen molar-refractivity contribution in [1.82, 2.24) is 0 Å².